The summed E-state index contributed by atoms with van der Waals surface area (Å²) in [6.45, 7) is 1.59. The molecule has 2 atom stereocenters. The van der Waals surface area contributed by atoms with Crippen LogP contribution in [0.2, 0.25) is 0 Å². The van der Waals surface area contributed by atoms with E-state index in [-0.39, 0.29) is 5.78 Å². The first-order valence-corrected chi connectivity index (χ1v) is 10.5. The van der Waals surface area contributed by atoms with Crippen molar-refractivity contribution in [1.82, 2.24) is 0 Å². The monoisotopic (exact) mass is 376 g/mol. The van der Waals surface area contributed by atoms with Crippen LogP contribution < -0.4 is 0 Å². The van der Waals surface area contributed by atoms with Crippen LogP contribution in [0.15, 0.2) is 60.2 Å². The molecule has 0 spiro atoms. The zero-order valence-electron chi connectivity index (χ0n) is 16.7. The number of fused-ring (bicyclic) bond motifs is 5. The molecule has 0 aromatic heterocycles. The fraction of sp³-hybridized carbons (Fsp3) is 0.250. The number of benzene rings is 2. The first kappa shape index (κ1) is 18.0. The summed E-state index contributed by atoms with van der Waals surface area (Å²) in [6, 6.07) is 12.2. The number of hydrogen-bond donors (Lipinski definition) is 0. The van der Waals surface area contributed by atoms with Gasteiger partial charge >= 0.3 is 0 Å². The van der Waals surface area contributed by atoms with Crippen LogP contribution in [-0.4, -0.2) is 5.78 Å². The van der Waals surface area contributed by atoms with Gasteiger partial charge in [-0.05, 0) is 78.5 Å². The second kappa shape index (κ2) is 7.37. The van der Waals surface area contributed by atoms with E-state index in [0.29, 0.717) is 11.8 Å². The molecular weight excluding hydrogens is 352 g/mol. The molecule has 1 nitrogen and oxygen atoms in total. The van der Waals surface area contributed by atoms with Crippen LogP contribution in [-0.2, 0) is 6.42 Å². The highest BCUT2D eigenvalue weighted by Crippen LogP contribution is 2.45. The number of ketones is 1. The van der Waals surface area contributed by atoms with E-state index in [1.807, 2.05) is 24.3 Å². The zero-order chi connectivity index (χ0) is 19.8. The Balaban J connectivity index is 1.49. The number of Topliss-reactive ketones (excluding diaryl/α,β-unsaturated/α-hetero) is 1. The topological polar surface area (TPSA) is 17.1 Å². The van der Waals surface area contributed by atoms with E-state index in [1.165, 1.54) is 27.8 Å². The molecule has 0 radical (unpaired) electrons. The van der Waals surface area contributed by atoms with Gasteiger partial charge in [-0.3, -0.25) is 4.79 Å². The van der Waals surface area contributed by atoms with Gasteiger partial charge in [0.2, 0.25) is 0 Å². The molecule has 0 fully saturated rings. The lowest BCUT2D eigenvalue weighted by Crippen LogP contribution is -2.20. The van der Waals surface area contributed by atoms with Gasteiger partial charge in [-0.1, -0.05) is 66.5 Å². The van der Waals surface area contributed by atoms with Gasteiger partial charge < -0.3 is 0 Å². The van der Waals surface area contributed by atoms with Gasteiger partial charge in [0, 0.05) is 17.0 Å². The number of carbonyl (C=O) groups excluding carboxylic acids is 1. The lowest BCUT2D eigenvalue weighted by atomic mass is 9.70. The summed E-state index contributed by atoms with van der Waals surface area (Å²) >= 11 is 0. The minimum Gasteiger partial charge on any atom is -0.295 e. The lowest BCUT2D eigenvalue weighted by molar-refractivity contribution is 0.101. The van der Waals surface area contributed by atoms with E-state index in [1.54, 1.807) is 6.92 Å². The summed E-state index contributed by atoms with van der Waals surface area (Å²) in [5.74, 6) is 7.80. The van der Waals surface area contributed by atoms with Crippen LogP contribution in [0.25, 0.3) is 12.2 Å². The largest absolute Gasteiger partial charge is 0.295 e. The molecule has 0 heterocycles. The Morgan fingerprint density at radius 3 is 2.69 bits per heavy atom. The molecule has 1 heteroatoms. The molecular formula is C28H24O. The second-order valence-corrected chi connectivity index (χ2v) is 8.25. The van der Waals surface area contributed by atoms with Crippen molar-refractivity contribution in [3.8, 4) is 11.8 Å². The summed E-state index contributed by atoms with van der Waals surface area (Å²) < 4.78 is 0. The third kappa shape index (κ3) is 3.40. The number of carbonyl (C=O) groups is 1. The molecule has 3 aliphatic carbocycles. The van der Waals surface area contributed by atoms with Crippen LogP contribution >= 0.6 is 0 Å². The summed E-state index contributed by atoms with van der Waals surface area (Å²) in [5, 5.41) is 0. The predicted molar refractivity (Wildman–Crippen MR) is 120 cm³/mol. The van der Waals surface area contributed by atoms with Gasteiger partial charge in [-0.15, -0.1) is 0 Å². The third-order valence-corrected chi connectivity index (χ3v) is 6.38. The average Bonchev–Trinajstić information content (AvgIpc) is 2.77. The molecule has 2 aromatic rings. The SMILES string of the molecule is CC(=O)c1ccc(C#CC2=CC3c4c(ccc5c4C=CCC5)C=CC3CC2)cc1. The van der Waals surface area contributed by atoms with Crippen molar-refractivity contribution < 1.29 is 4.79 Å². The fourth-order valence-electron chi connectivity index (χ4n) is 4.78. The van der Waals surface area contributed by atoms with Crippen LogP contribution in [0.5, 0.6) is 0 Å². The maximum atomic E-state index is 11.4. The molecule has 0 N–H and O–H groups in total. The van der Waals surface area contributed by atoms with E-state index in [0.717, 1.165) is 36.8 Å². The smallest absolute Gasteiger partial charge is 0.159 e. The fourth-order valence-corrected chi connectivity index (χ4v) is 4.78. The van der Waals surface area contributed by atoms with Crippen molar-refractivity contribution in [1.29, 1.82) is 0 Å². The summed E-state index contributed by atoms with van der Waals surface area (Å²) in [4.78, 5) is 11.4. The van der Waals surface area contributed by atoms with Crippen molar-refractivity contribution in [2.45, 2.75) is 38.5 Å². The molecule has 0 aliphatic heterocycles. The Bertz CT molecular complexity index is 1130. The molecule has 0 saturated heterocycles. The van der Waals surface area contributed by atoms with E-state index >= 15 is 0 Å². The van der Waals surface area contributed by atoms with Crippen molar-refractivity contribution >= 4 is 17.9 Å². The molecule has 142 valence electrons. The Labute approximate surface area is 172 Å². The van der Waals surface area contributed by atoms with Crippen molar-refractivity contribution in [3.63, 3.8) is 0 Å². The van der Waals surface area contributed by atoms with Gasteiger partial charge in [0.05, 0.1) is 0 Å². The van der Waals surface area contributed by atoms with E-state index in [4.69, 9.17) is 0 Å². The van der Waals surface area contributed by atoms with Crippen molar-refractivity contribution in [3.05, 3.63) is 93.6 Å². The predicted octanol–water partition coefficient (Wildman–Crippen LogP) is 6.35. The molecule has 0 bridgehead atoms. The van der Waals surface area contributed by atoms with Gasteiger partial charge in [0.25, 0.3) is 0 Å². The maximum absolute atomic E-state index is 11.4. The molecule has 2 unspecified atom stereocenters. The molecule has 29 heavy (non-hydrogen) atoms. The van der Waals surface area contributed by atoms with Gasteiger partial charge in [-0.25, -0.2) is 0 Å². The van der Waals surface area contributed by atoms with Crippen LogP contribution in [0.4, 0.5) is 0 Å². The molecule has 5 rings (SSSR count). The van der Waals surface area contributed by atoms with Gasteiger partial charge in [0.1, 0.15) is 0 Å². The number of rotatable bonds is 1. The van der Waals surface area contributed by atoms with Crippen molar-refractivity contribution in [2.24, 2.45) is 5.92 Å². The number of allylic oxidation sites excluding steroid dienone is 4. The molecule has 2 aromatic carbocycles. The average molecular weight is 376 g/mol. The zero-order valence-corrected chi connectivity index (χ0v) is 16.7. The van der Waals surface area contributed by atoms with Crippen LogP contribution in [0.1, 0.15) is 70.3 Å². The van der Waals surface area contributed by atoms with E-state index in [2.05, 4.69) is 54.4 Å². The first-order valence-electron chi connectivity index (χ1n) is 10.5. The Morgan fingerprint density at radius 1 is 1.00 bits per heavy atom. The normalized spacial score (nSPS) is 21.2. The summed E-state index contributed by atoms with van der Waals surface area (Å²) in [7, 11) is 0. The van der Waals surface area contributed by atoms with Gasteiger partial charge in [0.15, 0.2) is 5.78 Å². The highest BCUT2D eigenvalue weighted by Gasteiger charge is 2.30. The highest BCUT2D eigenvalue weighted by atomic mass is 16.1. The van der Waals surface area contributed by atoms with Crippen LogP contribution in [0.3, 0.4) is 0 Å². The van der Waals surface area contributed by atoms with E-state index < -0.39 is 0 Å². The third-order valence-electron chi connectivity index (χ3n) is 6.38. The lowest BCUT2D eigenvalue weighted by Gasteiger charge is -2.34. The highest BCUT2D eigenvalue weighted by molar-refractivity contribution is 5.94. The first-order chi connectivity index (χ1) is 14.2. The molecule has 0 saturated carbocycles. The molecule has 0 amide bonds. The number of aryl methyl sites for hydroxylation is 1. The van der Waals surface area contributed by atoms with E-state index in [9.17, 15) is 4.79 Å². The Hall–Kier alpha value is -3.11. The number of hydrogen-bond acceptors (Lipinski definition) is 1. The second-order valence-electron chi connectivity index (χ2n) is 8.25. The minimum absolute atomic E-state index is 0.0898. The van der Waals surface area contributed by atoms with Gasteiger partial charge in [-0.2, -0.15) is 0 Å². The van der Waals surface area contributed by atoms with Crippen molar-refractivity contribution in [2.75, 3.05) is 0 Å². The maximum Gasteiger partial charge on any atom is 0.159 e. The molecule has 3 aliphatic rings. The standard InChI is InChI=1S/C28H24O/c1-19(29)22-11-8-20(9-12-22)6-7-21-10-13-24-15-17-25-16-14-23-4-2-3-5-26(23)28(25)27(24)18-21/h3,5,8-9,11-12,14-18,24,27H,2,4,10,13H2,1H3. The Kier molecular flexibility index (Phi) is 4.57. The minimum atomic E-state index is 0.0898. The van der Waals surface area contributed by atoms with Crippen LogP contribution in [0, 0.1) is 17.8 Å². The summed E-state index contributed by atoms with van der Waals surface area (Å²) in [6.07, 6.45) is 16.2. The summed E-state index contributed by atoms with van der Waals surface area (Å²) in [5.41, 5.74) is 8.72. The Morgan fingerprint density at radius 2 is 1.86 bits per heavy atom. The quantitative estimate of drug-likeness (QED) is 0.419.